The van der Waals surface area contributed by atoms with Crippen LogP contribution in [0.3, 0.4) is 0 Å². The fraction of sp³-hybridized carbons (Fsp3) is 0.214. The number of carbonyl (C=O) groups is 2. The molecule has 2 aromatic rings. The van der Waals surface area contributed by atoms with Crippen LogP contribution in [0, 0.1) is 0 Å². The molecule has 0 bridgehead atoms. The SMILES string of the molecule is O=C(NCC[C@H](O)C(=O)O)c1ccnc2ccccc12. The van der Waals surface area contributed by atoms with E-state index in [9.17, 15) is 9.59 Å². The van der Waals surface area contributed by atoms with Crippen molar-refractivity contribution in [3.8, 4) is 0 Å². The summed E-state index contributed by atoms with van der Waals surface area (Å²) in [5.41, 5.74) is 1.19. The molecule has 0 aliphatic rings. The summed E-state index contributed by atoms with van der Waals surface area (Å²) in [6.45, 7) is 0.0863. The van der Waals surface area contributed by atoms with Gasteiger partial charge in [-0.25, -0.2) is 4.79 Å². The fourth-order valence-electron chi connectivity index (χ4n) is 1.83. The molecular formula is C14H14N2O4. The zero-order valence-electron chi connectivity index (χ0n) is 10.6. The van der Waals surface area contributed by atoms with Crippen LogP contribution in [-0.2, 0) is 4.79 Å². The quantitative estimate of drug-likeness (QED) is 0.749. The second kappa shape index (κ2) is 6.12. The molecule has 1 aromatic carbocycles. The third kappa shape index (κ3) is 3.10. The number of fused-ring (bicyclic) bond motifs is 1. The van der Waals surface area contributed by atoms with Gasteiger partial charge in [-0.15, -0.1) is 0 Å². The lowest BCUT2D eigenvalue weighted by atomic mass is 10.1. The Morgan fingerprint density at radius 3 is 2.75 bits per heavy atom. The molecule has 6 heteroatoms. The van der Waals surface area contributed by atoms with Crippen LogP contribution in [0.4, 0.5) is 0 Å². The number of para-hydroxylation sites is 1. The zero-order chi connectivity index (χ0) is 14.5. The van der Waals surface area contributed by atoms with Crippen LogP contribution in [0.25, 0.3) is 10.9 Å². The Morgan fingerprint density at radius 2 is 2.00 bits per heavy atom. The van der Waals surface area contributed by atoms with Gasteiger partial charge in [0.15, 0.2) is 6.10 Å². The van der Waals surface area contributed by atoms with Crippen molar-refractivity contribution in [1.82, 2.24) is 10.3 Å². The third-order valence-corrected chi connectivity index (χ3v) is 2.88. The molecule has 0 radical (unpaired) electrons. The zero-order valence-corrected chi connectivity index (χ0v) is 10.6. The maximum absolute atomic E-state index is 12.0. The van der Waals surface area contributed by atoms with Crippen molar-refractivity contribution in [2.45, 2.75) is 12.5 Å². The highest BCUT2D eigenvalue weighted by atomic mass is 16.4. The molecule has 0 saturated heterocycles. The van der Waals surface area contributed by atoms with Crippen molar-refractivity contribution in [1.29, 1.82) is 0 Å². The Hall–Kier alpha value is -2.47. The summed E-state index contributed by atoms with van der Waals surface area (Å²) in [5.74, 6) is -1.62. The number of carbonyl (C=O) groups excluding carboxylic acids is 1. The first-order valence-electron chi connectivity index (χ1n) is 6.12. The lowest BCUT2D eigenvalue weighted by molar-refractivity contribution is -0.146. The number of aliphatic carboxylic acids is 1. The van der Waals surface area contributed by atoms with Gasteiger partial charge in [0.25, 0.3) is 5.91 Å². The van der Waals surface area contributed by atoms with Gasteiger partial charge in [0, 0.05) is 24.5 Å². The molecule has 0 fully saturated rings. The number of carboxylic acids is 1. The van der Waals surface area contributed by atoms with Gasteiger partial charge in [0.1, 0.15) is 0 Å². The molecule has 3 N–H and O–H groups in total. The molecule has 104 valence electrons. The number of rotatable bonds is 5. The number of nitrogens with zero attached hydrogens (tertiary/aromatic N) is 1. The van der Waals surface area contributed by atoms with Crippen LogP contribution < -0.4 is 5.32 Å². The van der Waals surface area contributed by atoms with E-state index in [2.05, 4.69) is 10.3 Å². The first kappa shape index (κ1) is 14.0. The summed E-state index contributed by atoms with van der Waals surface area (Å²) in [7, 11) is 0. The molecule has 1 aromatic heterocycles. The van der Waals surface area contributed by atoms with E-state index in [0.29, 0.717) is 11.1 Å². The summed E-state index contributed by atoms with van der Waals surface area (Å²) >= 11 is 0. The van der Waals surface area contributed by atoms with E-state index in [1.54, 1.807) is 24.4 Å². The van der Waals surface area contributed by atoms with Gasteiger partial charge in [-0.2, -0.15) is 0 Å². The molecule has 0 saturated carbocycles. The summed E-state index contributed by atoms with van der Waals surface area (Å²) < 4.78 is 0. The van der Waals surface area contributed by atoms with Crippen LogP contribution >= 0.6 is 0 Å². The van der Waals surface area contributed by atoms with Crippen LogP contribution in [0.1, 0.15) is 16.8 Å². The minimum atomic E-state index is -1.47. The average Bonchev–Trinajstić information content (AvgIpc) is 2.46. The number of aliphatic hydroxyl groups is 1. The molecule has 1 atom stereocenters. The number of benzene rings is 1. The monoisotopic (exact) mass is 274 g/mol. The second-order valence-corrected chi connectivity index (χ2v) is 4.27. The number of carboxylic acid groups (broad SMARTS) is 1. The van der Waals surface area contributed by atoms with Gasteiger partial charge in [-0.3, -0.25) is 9.78 Å². The topological polar surface area (TPSA) is 99.5 Å². The highest BCUT2D eigenvalue weighted by Gasteiger charge is 2.14. The van der Waals surface area contributed by atoms with E-state index in [1.165, 1.54) is 0 Å². The molecule has 0 unspecified atom stereocenters. The van der Waals surface area contributed by atoms with E-state index >= 15 is 0 Å². The van der Waals surface area contributed by atoms with Gasteiger partial charge in [0.2, 0.25) is 0 Å². The number of pyridine rings is 1. The molecule has 0 aliphatic carbocycles. The van der Waals surface area contributed by atoms with Crippen LogP contribution in [0.5, 0.6) is 0 Å². The number of amides is 1. The molecule has 20 heavy (non-hydrogen) atoms. The van der Waals surface area contributed by atoms with Gasteiger partial charge in [0.05, 0.1) is 11.1 Å². The fourth-order valence-corrected chi connectivity index (χ4v) is 1.83. The van der Waals surface area contributed by atoms with E-state index in [1.807, 2.05) is 12.1 Å². The van der Waals surface area contributed by atoms with Crippen molar-refractivity contribution >= 4 is 22.8 Å². The maximum atomic E-state index is 12.0. The van der Waals surface area contributed by atoms with Gasteiger partial charge in [-0.1, -0.05) is 18.2 Å². The van der Waals surface area contributed by atoms with Crippen LogP contribution in [-0.4, -0.2) is 39.7 Å². The minimum absolute atomic E-state index is 0.0376. The van der Waals surface area contributed by atoms with E-state index < -0.39 is 12.1 Å². The molecule has 2 rings (SSSR count). The minimum Gasteiger partial charge on any atom is -0.479 e. The Balaban J connectivity index is 2.06. The molecule has 1 amide bonds. The molecule has 0 aliphatic heterocycles. The summed E-state index contributed by atoms with van der Waals surface area (Å²) in [5, 5.41) is 21.0. The van der Waals surface area contributed by atoms with Crippen molar-refractivity contribution in [2.75, 3.05) is 6.54 Å². The van der Waals surface area contributed by atoms with E-state index in [4.69, 9.17) is 10.2 Å². The van der Waals surface area contributed by atoms with Crippen molar-refractivity contribution in [3.05, 3.63) is 42.1 Å². The summed E-state index contributed by atoms with van der Waals surface area (Å²) in [6.07, 6.45) is 0.0393. The van der Waals surface area contributed by atoms with Crippen molar-refractivity contribution in [3.63, 3.8) is 0 Å². The van der Waals surface area contributed by atoms with E-state index in [0.717, 1.165) is 5.39 Å². The van der Waals surface area contributed by atoms with Gasteiger partial charge >= 0.3 is 5.97 Å². The highest BCUT2D eigenvalue weighted by Crippen LogP contribution is 2.15. The average molecular weight is 274 g/mol. The number of aliphatic hydroxyl groups excluding tert-OH is 1. The molecule has 6 nitrogen and oxygen atoms in total. The van der Waals surface area contributed by atoms with Crippen LogP contribution in [0.2, 0.25) is 0 Å². The Labute approximate surface area is 115 Å². The smallest absolute Gasteiger partial charge is 0.332 e. The molecular weight excluding hydrogens is 260 g/mol. The number of nitrogens with one attached hydrogen (secondary N) is 1. The third-order valence-electron chi connectivity index (χ3n) is 2.88. The van der Waals surface area contributed by atoms with Crippen molar-refractivity contribution < 1.29 is 19.8 Å². The summed E-state index contributed by atoms with van der Waals surface area (Å²) in [4.78, 5) is 26.6. The van der Waals surface area contributed by atoms with Crippen molar-refractivity contribution in [2.24, 2.45) is 0 Å². The highest BCUT2D eigenvalue weighted by molar-refractivity contribution is 6.05. The lowest BCUT2D eigenvalue weighted by Crippen LogP contribution is -2.30. The number of hydrogen-bond donors (Lipinski definition) is 3. The lowest BCUT2D eigenvalue weighted by Gasteiger charge is -2.09. The Bertz CT molecular complexity index is 637. The largest absolute Gasteiger partial charge is 0.479 e. The standard InChI is InChI=1S/C14H14N2O4/c17-12(14(19)20)6-8-16-13(18)10-5-7-15-11-4-2-1-3-9(10)11/h1-5,7,12,17H,6,8H2,(H,16,18)(H,19,20)/t12-/m0/s1. The van der Waals surface area contributed by atoms with Gasteiger partial charge in [-0.05, 0) is 12.1 Å². The number of aromatic nitrogens is 1. The summed E-state index contributed by atoms with van der Waals surface area (Å²) in [6, 6.07) is 8.85. The maximum Gasteiger partial charge on any atom is 0.332 e. The molecule has 0 spiro atoms. The first-order valence-corrected chi connectivity index (χ1v) is 6.12. The number of hydrogen-bond acceptors (Lipinski definition) is 4. The molecule has 1 heterocycles. The predicted octanol–water partition coefficient (Wildman–Crippen LogP) is 0.800. The van der Waals surface area contributed by atoms with Gasteiger partial charge < -0.3 is 15.5 Å². The first-order chi connectivity index (χ1) is 9.59. The Morgan fingerprint density at radius 1 is 1.25 bits per heavy atom. The Kier molecular flexibility index (Phi) is 4.27. The normalized spacial score (nSPS) is 12.1. The second-order valence-electron chi connectivity index (χ2n) is 4.27. The predicted molar refractivity (Wildman–Crippen MR) is 72.3 cm³/mol. The van der Waals surface area contributed by atoms with E-state index in [-0.39, 0.29) is 18.9 Å². The van der Waals surface area contributed by atoms with Crippen LogP contribution in [0.15, 0.2) is 36.5 Å².